The molecule has 4 rings (SSSR count). The molecule has 0 aromatic heterocycles. The quantitative estimate of drug-likeness (QED) is 0.747. The first-order valence-corrected chi connectivity index (χ1v) is 6.08. The fourth-order valence-electron chi connectivity index (χ4n) is 3.02. The third-order valence-electron chi connectivity index (χ3n) is 3.91. The maximum Gasteiger partial charge on any atom is 0.173 e. The molecule has 0 radical (unpaired) electrons. The highest BCUT2D eigenvalue weighted by atomic mass is 16.5. The zero-order valence-electron chi connectivity index (χ0n) is 10.00. The van der Waals surface area contributed by atoms with Crippen molar-refractivity contribution >= 4 is 6.21 Å². The Morgan fingerprint density at radius 1 is 1.21 bits per heavy atom. The molecule has 1 aliphatic carbocycles. The first-order chi connectivity index (χ1) is 9.23. The van der Waals surface area contributed by atoms with E-state index in [9.17, 15) is 10.2 Å². The molecule has 1 aromatic carbocycles. The number of rotatable bonds is 0. The number of phenolic OH excluding ortho intramolecular Hbond substituents is 1. The normalized spacial score (nSPS) is 26.4. The summed E-state index contributed by atoms with van der Waals surface area (Å²) in [6.07, 6.45) is 7.63. The molecule has 1 unspecified atom stereocenters. The second-order valence-corrected chi connectivity index (χ2v) is 4.83. The van der Waals surface area contributed by atoms with Gasteiger partial charge in [0.25, 0.3) is 0 Å². The fraction of sp³-hybridized carbons (Fsp3) is 0.133. The molecule has 1 atom stereocenters. The molecule has 1 spiro atoms. The zero-order chi connectivity index (χ0) is 13.0. The Labute approximate surface area is 109 Å². The molecule has 0 saturated heterocycles. The number of hydrogen-bond acceptors (Lipinski definition) is 4. The molecule has 0 amide bonds. The molecule has 4 heteroatoms. The van der Waals surface area contributed by atoms with Gasteiger partial charge in [-0.1, -0.05) is 18.2 Å². The topological polar surface area (TPSA) is 62.0 Å². The van der Waals surface area contributed by atoms with Gasteiger partial charge in [0, 0.05) is 24.4 Å². The lowest BCUT2D eigenvalue weighted by Gasteiger charge is -2.33. The van der Waals surface area contributed by atoms with Crippen molar-refractivity contribution in [2.45, 2.75) is 11.8 Å². The van der Waals surface area contributed by atoms with Crippen molar-refractivity contribution < 1.29 is 14.9 Å². The predicted molar refractivity (Wildman–Crippen MR) is 70.4 cm³/mol. The molecular weight excluding hydrogens is 242 g/mol. The minimum atomic E-state index is -0.547. The number of aromatic hydroxyl groups is 1. The van der Waals surface area contributed by atoms with Crippen molar-refractivity contribution in [2.24, 2.45) is 4.99 Å². The molecule has 2 N–H and O–H groups in total. The van der Waals surface area contributed by atoms with Gasteiger partial charge in [-0.3, -0.25) is 4.99 Å². The molecule has 3 aliphatic rings. The Morgan fingerprint density at radius 2 is 2.11 bits per heavy atom. The third kappa shape index (κ3) is 1.11. The summed E-state index contributed by atoms with van der Waals surface area (Å²) in [5, 5.41) is 20.0. The molecule has 0 fully saturated rings. The lowest BCUT2D eigenvalue weighted by atomic mass is 9.68. The van der Waals surface area contributed by atoms with Crippen LogP contribution in [0.3, 0.4) is 0 Å². The minimum absolute atomic E-state index is 0.0865. The van der Waals surface area contributed by atoms with Crippen LogP contribution < -0.4 is 4.74 Å². The van der Waals surface area contributed by atoms with Crippen LogP contribution in [-0.4, -0.2) is 16.4 Å². The highest BCUT2D eigenvalue weighted by molar-refractivity contribution is 5.75. The van der Waals surface area contributed by atoms with Crippen LogP contribution in [0, 0.1) is 0 Å². The Kier molecular flexibility index (Phi) is 1.81. The van der Waals surface area contributed by atoms with Crippen molar-refractivity contribution in [2.75, 3.05) is 0 Å². The third-order valence-corrected chi connectivity index (χ3v) is 3.91. The van der Waals surface area contributed by atoms with Crippen LogP contribution in [0.25, 0.3) is 0 Å². The number of aliphatic imine (C=N–C) groups is 1. The lowest BCUT2D eigenvalue weighted by Crippen LogP contribution is -2.33. The monoisotopic (exact) mass is 253 g/mol. The van der Waals surface area contributed by atoms with E-state index in [1.165, 1.54) is 0 Å². The summed E-state index contributed by atoms with van der Waals surface area (Å²) in [5.41, 5.74) is 1.29. The summed E-state index contributed by atoms with van der Waals surface area (Å²) in [4.78, 5) is 4.18. The predicted octanol–water partition coefficient (Wildman–Crippen LogP) is 2.72. The summed E-state index contributed by atoms with van der Waals surface area (Å²) in [5.74, 6) is 1.09. The van der Waals surface area contributed by atoms with E-state index in [0.29, 0.717) is 17.9 Å². The first kappa shape index (κ1) is 10.4. The highest BCUT2D eigenvalue weighted by Crippen LogP contribution is 2.57. The van der Waals surface area contributed by atoms with E-state index in [4.69, 9.17) is 4.74 Å². The molecule has 1 aromatic rings. The van der Waals surface area contributed by atoms with Gasteiger partial charge in [0.1, 0.15) is 0 Å². The van der Waals surface area contributed by atoms with Gasteiger partial charge in [-0.15, -0.1) is 0 Å². The number of benzene rings is 1. The average molecular weight is 253 g/mol. The standard InChI is InChI=1S/C15H11NO3/c17-11-3-1-2-10-13(11)19-14-12(18)5-4-9-8-16-7-6-15(9,10)14/h1-5,7-8,17-18H,6H2. The molecule has 2 aliphatic heterocycles. The van der Waals surface area contributed by atoms with E-state index in [1.807, 2.05) is 12.1 Å². The van der Waals surface area contributed by atoms with E-state index in [-0.39, 0.29) is 11.5 Å². The van der Waals surface area contributed by atoms with Gasteiger partial charge in [-0.2, -0.15) is 0 Å². The summed E-state index contributed by atoms with van der Waals surface area (Å²) in [6, 6.07) is 5.29. The van der Waals surface area contributed by atoms with E-state index in [2.05, 4.69) is 4.99 Å². The number of aliphatic hydroxyl groups is 1. The molecular formula is C15H11NO3. The van der Waals surface area contributed by atoms with Gasteiger partial charge in [-0.05, 0) is 17.7 Å². The summed E-state index contributed by atoms with van der Waals surface area (Å²) >= 11 is 0. The van der Waals surface area contributed by atoms with Crippen LogP contribution in [0.4, 0.5) is 0 Å². The van der Waals surface area contributed by atoms with Crippen LogP contribution in [0.15, 0.2) is 58.6 Å². The Balaban J connectivity index is 2.08. The largest absolute Gasteiger partial charge is 0.504 e. The van der Waals surface area contributed by atoms with Gasteiger partial charge in [0.2, 0.25) is 0 Å². The van der Waals surface area contributed by atoms with Crippen LogP contribution in [0.5, 0.6) is 11.5 Å². The van der Waals surface area contributed by atoms with Crippen LogP contribution >= 0.6 is 0 Å². The molecule has 2 heterocycles. The SMILES string of the molecule is OC1=C2Oc3c(O)cccc3C23CC=NC=C3C=C1. The molecule has 0 saturated carbocycles. The lowest BCUT2D eigenvalue weighted by molar-refractivity contribution is 0.315. The molecule has 0 bridgehead atoms. The number of hydrogen-bond donors (Lipinski definition) is 2. The fourth-order valence-corrected chi connectivity index (χ4v) is 3.02. The van der Waals surface area contributed by atoms with Gasteiger partial charge in [0.05, 0.1) is 5.41 Å². The van der Waals surface area contributed by atoms with Crippen molar-refractivity contribution in [3.63, 3.8) is 0 Å². The summed E-state index contributed by atoms with van der Waals surface area (Å²) < 4.78 is 5.74. The Morgan fingerprint density at radius 3 is 3.00 bits per heavy atom. The number of fused-ring (bicyclic) bond motifs is 1. The van der Waals surface area contributed by atoms with E-state index in [1.54, 1.807) is 30.6 Å². The van der Waals surface area contributed by atoms with Crippen LogP contribution in [0.2, 0.25) is 0 Å². The number of aliphatic hydroxyl groups excluding tert-OH is 1. The van der Waals surface area contributed by atoms with Gasteiger partial charge < -0.3 is 14.9 Å². The first-order valence-electron chi connectivity index (χ1n) is 6.08. The van der Waals surface area contributed by atoms with Crippen LogP contribution in [0.1, 0.15) is 12.0 Å². The van der Waals surface area contributed by atoms with Gasteiger partial charge in [0.15, 0.2) is 23.0 Å². The average Bonchev–Trinajstić information content (AvgIpc) is 2.76. The molecule has 94 valence electrons. The van der Waals surface area contributed by atoms with Crippen molar-refractivity contribution in [1.29, 1.82) is 0 Å². The maximum absolute atomic E-state index is 10.1. The van der Waals surface area contributed by atoms with E-state index in [0.717, 1.165) is 11.1 Å². The van der Waals surface area contributed by atoms with Crippen molar-refractivity contribution in [3.05, 3.63) is 59.2 Å². The molecule has 4 nitrogen and oxygen atoms in total. The number of para-hydroxylation sites is 1. The highest BCUT2D eigenvalue weighted by Gasteiger charge is 2.51. The molecule has 19 heavy (non-hydrogen) atoms. The Bertz CT molecular complexity index is 712. The second kappa shape index (κ2) is 3.29. The van der Waals surface area contributed by atoms with Crippen molar-refractivity contribution in [3.8, 4) is 11.5 Å². The number of phenols is 1. The van der Waals surface area contributed by atoms with E-state index < -0.39 is 5.41 Å². The maximum atomic E-state index is 10.1. The second-order valence-electron chi connectivity index (χ2n) is 4.83. The summed E-state index contributed by atoms with van der Waals surface area (Å²) in [7, 11) is 0. The van der Waals surface area contributed by atoms with Gasteiger partial charge in [-0.25, -0.2) is 0 Å². The van der Waals surface area contributed by atoms with Crippen molar-refractivity contribution in [1.82, 2.24) is 0 Å². The minimum Gasteiger partial charge on any atom is -0.504 e. The Hall–Kier alpha value is -2.49. The van der Waals surface area contributed by atoms with Gasteiger partial charge >= 0.3 is 0 Å². The zero-order valence-corrected chi connectivity index (χ0v) is 10.00. The smallest absolute Gasteiger partial charge is 0.173 e. The van der Waals surface area contributed by atoms with Crippen LogP contribution in [-0.2, 0) is 5.41 Å². The number of allylic oxidation sites excluding steroid dienone is 3. The van der Waals surface area contributed by atoms with E-state index >= 15 is 0 Å². The summed E-state index contributed by atoms with van der Waals surface area (Å²) in [6.45, 7) is 0. The number of nitrogens with zero attached hydrogens (tertiary/aromatic N) is 1. The number of ether oxygens (including phenoxy) is 1.